The van der Waals surface area contributed by atoms with Crippen molar-refractivity contribution in [1.82, 2.24) is 15.1 Å². The molecule has 1 saturated heterocycles. The number of likely N-dealkylation sites (tertiary alicyclic amines) is 1. The number of amides is 4. The quantitative estimate of drug-likeness (QED) is 0.269. The number of halogens is 1. The number of nitrogens with one attached hydrogen (secondary N) is 1. The first-order valence-electron chi connectivity index (χ1n) is 16.3. The number of carboxylic acid groups (broad SMARTS) is 1. The van der Waals surface area contributed by atoms with E-state index in [4.69, 9.17) is 20.3 Å². The standard InChI is InChI=1S/C33H47FN4O8/c1-33(2,3)46-31(43)36-26(10-8-6-4-5-7-9-21-16-25(21)30(41)42)29(40)38-19-24(17-27(38)28(35)39)45-32(44)37-14-13-20-15-23(34)12-11-22(20)18-37/h11-12,15,21,24-27H,4-10,13-14,16-19H2,1-3H3,(H2,35,39)(H,36,43)(H,41,42)/t21-,24-,25+,26+,27+/m1/s1. The number of carbonyl (C=O) groups is 5. The fourth-order valence-corrected chi connectivity index (χ4v) is 6.35. The van der Waals surface area contributed by atoms with Crippen LogP contribution in [0.25, 0.3) is 0 Å². The predicted molar refractivity (Wildman–Crippen MR) is 165 cm³/mol. The van der Waals surface area contributed by atoms with E-state index in [1.54, 1.807) is 26.8 Å². The number of nitrogens with zero attached hydrogens (tertiary/aromatic N) is 2. The number of alkyl carbamates (subject to hydrolysis) is 1. The topological polar surface area (TPSA) is 169 Å². The zero-order valence-electron chi connectivity index (χ0n) is 27.0. The number of benzene rings is 1. The summed E-state index contributed by atoms with van der Waals surface area (Å²) in [5.41, 5.74) is 6.55. The van der Waals surface area contributed by atoms with Crippen LogP contribution in [0.2, 0.25) is 0 Å². The van der Waals surface area contributed by atoms with E-state index < -0.39 is 53.8 Å². The molecule has 3 aliphatic rings. The Balaban J connectivity index is 1.32. The number of nitrogens with two attached hydrogens (primary N) is 1. The van der Waals surface area contributed by atoms with Crippen LogP contribution >= 0.6 is 0 Å². The Hall–Kier alpha value is -3.90. The second-order valence-electron chi connectivity index (χ2n) is 13.7. The maximum Gasteiger partial charge on any atom is 0.410 e. The summed E-state index contributed by atoms with van der Waals surface area (Å²) < 4.78 is 24.7. The van der Waals surface area contributed by atoms with Crippen molar-refractivity contribution in [3.63, 3.8) is 0 Å². The maximum absolute atomic E-state index is 13.8. The zero-order chi connectivity index (χ0) is 33.6. The molecule has 254 valence electrons. The molecule has 0 radical (unpaired) electrons. The first kappa shape index (κ1) is 35.0. The molecule has 46 heavy (non-hydrogen) atoms. The Morgan fingerprint density at radius 3 is 2.46 bits per heavy atom. The lowest BCUT2D eigenvalue weighted by Crippen LogP contribution is -2.53. The molecule has 1 aliphatic carbocycles. The van der Waals surface area contributed by atoms with E-state index in [1.807, 2.05) is 0 Å². The van der Waals surface area contributed by atoms with E-state index >= 15 is 0 Å². The van der Waals surface area contributed by atoms with E-state index in [0.717, 1.165) is 49.7 Å². The molecule has 0 spiro atoms. The van der Waals surface area contributed by atoms with Crippen LogP contribution < -0.4 is 11.1 Å². The van der Waals surface area contributed by atoms with Crippen molar-refractivity contribution in [1.29, 1.82) is 0 Å². The van der Waals surface area contributed by atoms with Gasteiger partial charge in [0.1, 0.15) is 29.6 Å². The lowest BCUT2D eigenvalue weighted by Gasteiger charge is -2.29. The summed E-state index contributed by atoms with van der Waals surface area (Å²) in [5.74, 6) is -2.21. The minimum absolute atomic E-state index is 0.0331. The van der Waals surface area contributed by atoms with Gasteiger partial charge in [0.25, 0.3) is 0 Å². The largest absolute Gasteiger partial charge is 0.481 e. The van der Waals surface area contributed by atoms with Gasteiger partial charge in [0, 0.05) is 19.5 Å². The predicted octanol–water partition coefficient (Wildman–Crippen LogP) is 4.12. The molecule has 2 fully saturated rings. The number of hydrogen-bond donors (Lipinski definition) is 3. The second-order valence-corrected chi connectivity index (χ2v) is 13.7. The van der Waals surface area contributed by atoms with Crippen molar-refractivity contribution in [2.75, 3.05) is 13.1 Å². The van der Waals surface area contributed by atoms with Gasteiger partial charge in [0.2, 0.25) is 11.8 Å². The average molecular weight is 647 g/mol. The van der Waals surface area contributed by atoms with E-state index in [9.17, 15) is 28.4 Å². The molecule has 4 N–H and O–H groups in total. The summed E-state index contributed by atoms with van der Waals surface area (Å²) in [5, 5.41) is 11.7. The highest BCUT2D eigenvalue weighted by molar-refractivity contribution is 5.91. The second kappa shape index (κ2) is 15.1. The number of fused-ring (bicyclic) bond motifs is 1. The summed E-state index contributed by atoms with van der Waals surface area (Å²) in [4.78, 5) is 65.8. The fraction of sp³-hybridized carbons (Fsp3) is 0.667. The normalized spacial score (nSPS) is 22.9. The van der Waals surface area contributed by atoms with Crippen molar-refractivity contribution in [2.24, 2.45) is 17.6 Å². The van der Waals surface area contributed by atoms with Gasteiger partial charge in [-0.1, -0.05) is 38.2 Å². The third-order valence-electron chi connectivity index (χ3n) is 8.88. The molecule has 1 aromatic rings. The van der Waals surface area contributed by atoms with Crippen molar-refractivity contribution in [2.45, 2.75) is 115 Å². The van der Waals surface area contributed by atoms with E-state index in [0.29, 0.717) is 25.8 Å². The molecule has 13 heteroatoms. The van der Waals surface area contributed by atoms with Crippen LogP contribution in [-0.2, 0) is 36.8 Å². The Kier molecular flexibility index (Phi) is 11.5. The minimum atomic E-state index is -1.02. The molecular weight excluding hydrogens is 599 g/mol. The van der Waals surface area contributed by atoms with Gasteiger partial charge in [-0.3, -0.25) is 14.4 Å². The lowest BCUT2D eigenvalue weighted by atomic mass is 10.00. The molecular formula is C33H47FN4O8. The van der Waals surface area contributed by atoms with Gasteiger partial charge in [0.05, 0.1) is 12.5 Å². The third kappa shape index (κ3) is 9.80. The smallest absolute Gasteiger partial charge is 0.410 e. The average Bonchev–Trinajstić information content (AvgIpc) is 3.64. The molecule has 4 rings (SSSR count). The molecule has 2 aliphatic heterocycles. The molecule has 0 unspecified atom stereocenters. The molecule has 5 atom stereocenters. The first-order valence-corrected chi connectivity index (χ1v) is 16.3. The Morgan fingerprint density at radius 2 is 1.78 bits per heavy atom. The van der Waals surface area contributed by atoms with Gasteiger partial charge in [-0.15, -0.1) is 0 Å². The highest BCUT2D eigenvalue weighted by Crippen LogP contribution is 2.42. The van der Waals surface area contributed by atoms with E-state index in [2.05, 4.69) is 5.32 Å². The SMILES string of the molecule is CC(C)(C)OC(=O)N[C@@H](CCCCCCC[C@@H]1C[C@@H]1C(=O)O)C(=O)N1C[C@H](OC(=O)N2CCc3cc(F)ccc3C2)C[C@H]1C(N)=O. The number of rotatable bonds is 13. The number of unbranched alkanes of at least 4 members (excludes halogenated alkanes) is 4. The van der Waals surface area contributed by atoms with Gasteiger partial charge in [-0.2, -0.15) is 0 Å². The zero-order valence-corrected chi connectivity index (χ0v) is 27.0. The van der Waals surface area contributed by atoms with Crippen molar-refractivity contribution in [3.05, 3.63) is 35.1 Å². The maximum atomic E-state index is 13.8. The van der Waals surface area contributed by atoms with Gasteiger partial charge in [-0.25, -0.2) is 14.0 Å². The number of hydrogen-bond acceptors (Lipinski definition) is 7. The summed E-state index contributed by atoms with van der Waals surface area (Å²) in [7, 11) is 0. The molecule has 0 bridgehead atoms. The van der Waals surface area contributed by atoms with Gasteiger partial charge >= 0.3 is 18.2 Å². The van der Waals surface area contributed by atoms with Crippen LogP contribution in [-0.4, -0.2) is 81.8 Å². The molecule has 4 amide bonds. The van der Waals surface area contributed by atoms with Crippen LogP contribution in [0, 0.1) is 17.7 Å². The highest BCUT2D eigenvalue weighted by Gasteiger charge is 2.44. The van der Waals surface area contributed by atoms with Crippen molar-refractivity contribution in [3.8, 4) is 0 Å². The van der Waals surface area contributed by atoms with Crippen molar-refractivity contribution >= 4 is 30.0 Å². The summed E-state index contributed by atoms with van der Waals surface area (Å²) in [6, 6.07) is 2.46. The van der Waals surface area contributed by atoms with E-state index in [1.165, 1.54) is 21.9 Å². The summed E-state index contributed by atoms with van der Waals surface area (Å²) in [6.07, 6.45) is 4.57. The van der Waals surface area contributed by atoms with E-state index in [-0.39, 0.29) is 37.2 Å². The molecule has 2 heterocycles. The number of ether oxygens (including phenoxy) is 2. The number of primary amides is 1. The summed E-state index contributed by atoms with van der Waals surface area (Å²) in [6.45, 7) is 5.69. The monoisotopic (exact) mass is 646 g/mol. The molecule has 12 nitrogen and oxygen atoms in total. The molecule has 0 aromatic heterocycles. The van der Waals surface area contributed by atoms with Crippen LogP contribution in [0.15, 0.2) is 18.2 Å². The van der Waals surface area contributed by atoms with Crippen LogP contribution in [0.5, 0.6) is 0 Å². The number of carbonyl (C=O) groups excluding carboxylic acids is 4. The Labute approximate surface area is 269 Å². The van der Waals surface area contributed by atoms with Gasteiger partial charge in [0.15, 0.2) is 0 Å². The first-order chi connectivity index (χ1) is 21.7. The fourth-order valence-electron chi connectivity index (χ4n) is 6.35. The lowest BCUT2D eigenvalue weighted by molar-refractivity contribution is -0.139. The van der Waals surface area contributed by atoms with Crippen LogP contribution in [0.3, 0.4) is 0 Å². The number of aliphatic carboxylic acids is 1. The van der Waals surface area contributed by atoms with Crippen molar-refractivity contribution < 1.29 is 42.9 Å². The summed E-state index contributed by atoms with van der Waals surface area (Å²) >= 11 is 0. The van der Waals surface area contributed by atoms with Gasteiger partial charge in [-0.05, 0) is 75.6 Å². The van der Waals surface area contributed by atoms with Gasteiger partial charge < -0.3 is 35.4 Å². The molecule has 1 aromatic carbocycles. The third-order valence-corrected chi connectivity index (χ3v) is 8.88. The Morgan fingerprint density at radius 1 is 1.07 bits per heavy atom. The van der Waals surface area contributed by atoms with Crippen LogP contribution in [0.4, 0.5) is 14.0 Å². The Bertz CT molecular complexity index is 1300. The van der Waals surface area contributed by atoms with Crippen LogP contribution in [0.1, 0.15) is 89.7 Å². The highest BCUT2D eigenvalue weighted by atomic mass is 19.1. The number of carboxylic acids is 1. The molecule has 1 saturated carbocycles. The minimum Gasteiger partial charge on any atom is -0.481 e.